The van der Waals surface area contributed by atoms with E-state index < -0.39 is 6.04 Å². The van der Waals surface area contributed by atoms with E-state index >= 15 is 0 Å². The number of aryl methyl sites for hydroxylation is 1. The summed E-state index contributed by atoms with van der Waals surface area (Å²) in [6.45, 7) is 4.28. The number of benzene rings is 2. The van der Waals surface area contributed by atoms with E-state index in [1.807, 2.05) is 44.2 Å². The fourth-order valence-corrected chi connectivity index (χ4v) is 2.30. The lowest BCUT2D eigenvalue weighted by molar-refractivity contribution is -0.119. The number of aromatic hydroxyl groups is 1. The molecule has 21 heavy (non-hydrogen) atoms. The third-order valence-electron chi connectivity index (χ3n) is 3.49. The molecule has 0 saturated heterocycles. The second kappa shape index (κ2) is 6.41. The summed E-state index contributed by atoms with van der Waals surface area (Å²) >= 11 is 0. The van der Waals surface area contributed by atoms with Gasteiger partial charge >= 0.3 is 0 Å². The summed E-state index contributed by atoms with van der Waals surface area (Å²) in [7, 11) is 0. The molecule has 110 valence electrons. The van der Waals surface area contributed by atoms with E-state index in [0.717, 1.165) is 11.1 Å². The molecule has 0 radical (unpaired) electrons. The highest BCUT2D eigenvalue weighted by Crippen LogP contribution is 2.27. The zero-order valence-corrected chi connectivity index (χ0v) is 12.3. The molecule has 2 aromatic carbocycles. The Labute approximate surface area is 124 Å². The van der Waals surface area contributed by atoms with Crippen molar-refractivity contribution in [2.45, 2.75) is 19.9 Å². The molecule has 0 fully saturated rings. The largest absolute Gasteiger partial charge is 0.508 e. The average Bonchev–Trinajstić information content (AvgIpc) is 2.51. The van der Waals surface area contributed by atoms with Crippen molar-refractivity contribution in [2.24, 2.45) is 5.73 Å². The number of phenols is 1. The van der Waals surface area contributed by atoms with Crippen LogP contribution in [0.15, 0.2) is 48.5 Å². The maximum atomic E-state index is 12.7. The number of carbonyl (C=O) groups is 1. The number of rotatable bonds is 4. The fourth-order valence-electron chi connectivity index (χ4n) is 2.30. The summed E-state index contributed by atoms with van der Waals surface area (Å²) in [5, 5.41) is 9.65. The standard InChI is InChI=1S/C17H20N2O2/c1-3-19(15-11-14(20)10-9-12(15)2)17(21)16(18)13-7-5-4-6-8-13/h4-11,16,20H,3,18H2,1-2H3/t16-/m1/s1. The van der Waals surface area contributed by atoms with Crippen LogP contribution in [0, 0.1) is 6.92 Å². The highest BCUT2D eigenvalue weighted by Gasteiger charge is 2.23. The van der Waals surface area contributed by atoms with Crippen LogP contribution in [0.2, 0.25) is 0 Å². The SMILES string of the molecule is CCN(C(=O)[C@H](N)c1ccccc1)c1cc(O)ccc1C. The molecule has 4 nitrogen and oxygen atoms in total. The first kappa shape index (κ1) is 15.1. The molecule has 0 unspecified atom stereocenters. The van der Waals surface area contributed by atoms with Crippen LogP contribution in [-0.4, -0.2) is 17.6 Å². The maximum Gasteiger partial charge on any atom is 0.248 e. The normalized spacial score (nSPS) is 12.0. The first-order valence-electron chi connectivity index (χ1n) is 6.96. The van der Waals surface area contributed by atoms with Gasteiger partial charge in [-0.15, -0.1) is 0 Å². The van der Waals surface area contributed by atoms with Gasteiger partial charge in [0.15, 0.2) is 0 Å². The molecule has 2 aromatic rings. The molecular weight excluding hydrogens is 264 g/mol. The Kier molecular flexibility index (Phi) is 4.60. The molecule has 0 saturated carbocycles. The molecule has 0 aliphatic rings. The summed E-state index contributed by atoms with van der Waals surface area (Å²) in [5.74, 6) is -0.0486. The van der Waals surface area contributed by atoms with Gasteiger partial charge in [0.25, 0.3) is 0 Å². The van der Waals surface area contributed by atoms with Crippen molar-refractivity contribution >= 4 is 11.6 Å². The molecule has 3 N–H and O–H groups in total. The smallest absolute Gasteiger partial charge is 0.248 e. The highest BCUT2D eigenvalue weighted by molar-refractivity contribution is 5.98. The molecule has 2 rings (SSSR count). The first-order chi connectivity index (χ1) is 10.0. The number of hydrogen-bond acceptors (Lipinski definition) is 3. The van der Waals surface area contributed by atoms with Gasteiger partial charge in [-0.1, -0.05) is 36.4 Å². The summed E-state index contributed by atoms with van der Waals surface area (Å²) in [6.07, 6.45) is 0. The van der Waals surface area contributed by atoms with Crippen molar-refractivity contribution in [1.82, 2.24) is 0 Å². The van der Waals surface area contributed by atoms with E-state index in [4.69, 9.17) is 5.73 Å². The molecule has 1 amide bonds. The van der Waals surface area contributed by atoms with Gasteiger partial charge in [0, 0.05) is 12.6 Å². The lowest BCUT2D eigenvalue weighted by atomic mass is 10.1. The third kappa shape index (κ3) is 3.23. The molecular formula is C17H20N2O2. The monoisotopic (exact) mass is 284 g/mol. The van der Waals surface area contributed by atoms with E-state index in [1.54, 1.807) is 23.1 Å². The third-order valence-corrected chi connectivity index (χ3v) is 3.49. The van der Waals surface area contributed by atoms with Crippen molar-refractivity contribution in [2.75, 3.05) is 11.4 Å². The second-order valence-electron chi connectivity index (χ2n) is 4.94. The number of nitrogens with two attached hydrogens (primary N) is 1. The molecule has 0 heterocycles. The number of likely N-dealkylation sites (N-methyl/N-ethyl adjacent to an activating group) is 1. The molecule has 0 aliphatic carbocycles. The van der Waals surface area contributed by atoms with Crippen molar-refractivity contribution in [3.63, 3.8) is 0 Å². The summed E-state index contributed by atoms with van der Waals surface area (Å²) in [5.41, 5.74) is 8.47. The lowest BCUT2D eigenvalue weighted by Crippen LogP contribution is -2.38. The molecule has 0 aromatic heterocycles. The number of phenolic OH excluding ortho intramolecular Hbond substituents is 1. The topological polar surface area (TPSA) is 66.6 Å². The van der Waals surface area contributed by atoms with E-state index in [0.29, 0.717) is 12.2 Å². The van der Waals surface area contributed by atoms with Gasteiger partial charge in [0.1, 0.15) is 11.8 Å². The first-order valence-corrected chi connectivity index (χ1v) is 6.96. The predicted octanol–water partition coefficient (Wildman–Crippen LogP) is 2.75. The minimum absolute atomic E-state index is 0.134. The van der Waals surface area contributed by atoms with Crippen LogP contribution in [0.3, 0.4) is 0 Å². The molecule has 0 aliphatic heterocycles. The van der Waals surface area contributed by atoms with E-state index in [-0.39, 0.29) is 11.7 Å². The summed E-state index contributed by atoms with van der Waals surface area (Å²) < 4.78 is 0. The molecule has 0 spiro atoms. The summed E-state index contributed by atoms with van der Waals surface area (Å²) in [4.78, 5) is 14.3. The van der Waals surface area contributed by atoms with Gasteiger partial charge < -0.3 is 15.7 Å². The highest BCUT2D eigenvalue weighted by atomic mass is 16.3. The molecule has 4 heteroatoms. The zero-order chi connectivity index (χ0) is 15.4. The zero-order valence-electron chi connectivity index (χ0n) is 12.3. The van der Waals surface area contributed by atoms with Gasteiger partial charge in [-0.2, -0.15) is 0 Å². The van der Waals surface area contributed by atoms with Gasteiger partial charge in [0.2, 0.25) is 5.91 Å². The quantitative estimate of drug-likeness (QED) is 0.907. The van der Waals surface area contributed by atoms with Crippen LogP contribution in [0.5, 0.6) is 5.75 Å². The van der Waals surface area contributed by atoms with Crippen LogP contribution in [0.25, 0.3) is 0 Å². The minimum Gasteiger partial charge on any atom is -0.508 e. The summed E-state index contributed by atoms with van der Waals surface area (Å²) in [6, 6.07) is 13.6. The van der Waals surface area contributed by atoms with Crippen molar-refractivity contribution < 1.29 is 9.90 Å². The maximum absolute atomic E-state index is 12.7. The number of anilines is 1. The van der Waals surface area contributed by atoms with Crippen LogP contribution in [0.4, 0.5) is 5.69 Å². The molecule has 0 bridgehead atoms. The van der Waals surface area contributed by atoms with Crippen molar-refractivity contribution in [3.05, 3.63) is 59.7 Å². The minimum atomic E-state index is -0.715. The Balaban J connectivity index is 2.33. The number of hydrogen-bond donors (Lipinski definition) is 2. The van der Waals surface area contributed by atoms with Crippen LogP contribution in [-0.2, 0) is 4.79 Å². The van der Waals surface area contributed by atoms with Gasteiger partial charge in [-0.25, -0.2) is 0 Å². The van der Waals surface area contributed by atoms with E-state index in [2.05, 4.69) is 0 Å². The average molecular weight is 284 g/mol. The van der Waals surface area contributed by atoms with Crippen molar-refractivity contribution in [1.29, 1.82) is 0 Å². The van der Waals surface area contributed by atoms with Gasteiger partial charge in [0.05, 0.1) is 5.69 Å². The Morgan fingerprint density at radius 3 is 2.52 bits per heavy atom. The van der Waals surface area contributed by atoms with Crippen LogP contribution < -0.4 is 10.6 Å². The van der Waals surface area contributed by atoms with Crippen LogP contribution in [0.1, 0.15) is 24.1 Å². The predicted molar refractivity (Wildman–Crippen MR) is 84.2 cm³/mol. The van der Waals surface area contributed by atoms with Gasteiger partial charge in [-0.3, -0.25) is 4.79 Å². The Hall–Kier alpha value is -2.33. The van der Waals surface area contributed by atoms with Gasteiger partial charge in [-0.05, 0) is 31.0 Å². The fraction of sp³-hybridized carbons (Fsp3) is 0.235. The number of nitrogens with zero attached hydrogens (tertiary/aromatic N) is 1. The number of carbonyl (C=O) groups excluding carboxylic acids is 1. The van der Waals surface area contributed by atoms with E-state index in [1.165, 1.54) is 0 Å². The Morgan fingerprint density at radius 1 is 1.24 bits per heavy atom. The Morgan fingerprint density at radius 2 is 1.90 bits per heavy atom. The Bertz CT molecular complexity index is 626. The number of amides is 1. The molecule has 1 atom stereocenters. The van der Waals surface area contributed by atoms with Crippen LogP contribution >= 0.6 is 0 Å². The van der Waals surface area contributed by atoms with Crippen molar-refractivity contribution in [3.8, 4) is 5.75 Å². The lowest BCUT2D eigenvalue weighted by Gasteiger charge is -2.26. The second-order valence-corrected chi connectivity index (χ2v) is 4.94. The van der Waals surface area contributed by atoms with E-state index in [9.17, 15) is 9.90 Å².